The predicted octanol–water partition coefficient (Wildman–Crippen LogP) is -1.91. The van der Waals surface area contributed by atoms with Gasteiger partial charge in [0.25, 0.3) is 0 Å². The van der Waals surface area contributed by atoms with Crippen molar-refractivity contribution >= 4 is 17.4 Å². The second kappa shape index (κ2) is 4.82. The van der Waals surface area contributed by atoms with E-state index >= 15 is 0 Å². The van der Waals surface area contributed by atoms with E-state index in [2.05, 4.69) is 4.98 Å². The Morgan fingerprint density at radius 3 is 2.72 bits per heavy atom. The summed E-state index contributed by atoms with van der Waals surface area (Å²) in [6.07, 6.45) is -3.67. The molecule has 0 bridgehead atoms. The number of aromatic nitrogens is 2. The summed E-state index contributed by atoms with van der Waals surface area (Å²) >= 11 is 5.72. The van der Waals surface area contributed by atoms with E-state index in [1.807, 2.05) is 0 Å². The van der Waals surface area contributed by atoms with E-state index in [0.717, 1.165) is 10.8 Å². The molecule has 0 amide bonds. The standard InChI is InChI=1S/C9H12ClN3O5/c10-3-1-13(9(17)12-7(3)11)8-6(16)5(15)4(2-14)18-8/h1,4-6,8,14-16H,2H2,(H2,11,12,17)/t4-,5-,6-,8-/m1/s1. The zero-order chi connectivity index (χ0) is 13.4. The molecule has 0 aromatic carbocycles. The van der Waals surface area contributed by atoms with Gasteiger partial charge in [-0.1, -0.05) is 11.6 Å². The van der Waals surface area contributed by atoms with E-state index in [9.17, 15) is 15.0 Å². The molecule has 5 N–H and O–H groups in total. The number of halogens is 1. The van der Waals surface area contributed by atoms with Crippen LogP contribution in [0.4, 0.5) is 5.82 Å². The minimum absolute atomic E-state index is 0.0207. The van der Waals surface area contributed by atoms with Crippen LogP contribution in [0.5, 0.6) is 0 Å². The number of hydrogen-bond donors (Lipinski definition) is 4. The van der Waals surface area contributed by atoms with Crippen molar-refractivity contribution in [3.05, 3.63) is 21.7 Å². The van der Waals surface area contributed by atoms with Crippen LogP contribution in [0, 0.1) is 0 Å². The molecule has 0 saturated carbocycles. The number of hydrogen-bond acceptors (Lipinski definition) is 7. The Kier molecular flexibility index (Phi) is 3.55. The normalized spacial score (nSPS) is 31.8. The second-order valence-corrected chi connectivity index (χ2v) is 4.30. The number of rotatable bonds is 2. The molecule has 2 heterocycles. The van der Waals surface area contributed by atoms with Crippen molar-refractivity contribution in [2.75, 3.05) is 12.3 Å². The van der Waals surface area contributed by atoms with E-state index in [4.69, 9.17) is 27.2 Å². The maximum Gasteiger partial charge on any atom is 0.351 e. The molecule has 0 aliphatic carbocycles. The molecule has 9 heteroatoms. The molecule has 2 rings (SSSR count). The number of nitrogen functional groups attached to an aromatic ring is 1. The van der Waals surface area contributed by atoms with Crippen molar-refractivity contribution in [3.63, 3.8) is 0 Å². The summed E-state index contributed by atoms with van der Waals surface area (Å²) in [7, 11) is 0. The summed E-state index contributed by atoms with van der Waals surface area (Å²) in [5.41, 5.74) is 4.58. The SMILES string of the molecule is Nc1nc(=O)n([C@@H]2O[C@H](CO)[C@@H](O)[C@H]2O)cc1Cl. The topological polar surface area (TPSA) is 131 Å². The molecule has 0 unspecified atom stereocenters. The fourth-order valence-corrected chi connectivity index (χ4v) is 1.90. The first kappa shape index (κ1) is 13.2. The monoisotopic (exact) mass is 277 g/mol. The third-order valence-corrected chi connectivity index (χ3v) is 3.02. The lowest BCUT2D eigenvalue weighted by Gasteiger charge is -2.17. The van der Waals surface area contributed by atoms with E-state index in [0.29, 0.717) is 0 Å². The molecule has 100 valence electrons. The van der Waals surface area contributed by atoms with Crippen LogP contribution in [0.25, 0.3) is 0 Å². The Morgan fingerprint density at radius 1 is 1.50 bits per heavy atom. The van der Waals surface area contributed by atoms with Crippen molar-refractivity contribution in [1.29, 1.82) is 0 Å². The Hall–Kier alpha value is -1.19. The highest BCUT2D eigenvalue weighted by molar-refractivity contribution is 6.32. The summed E-state index contributed by atoms with van der Waals surface area (Å²) in [5.74, 6) is -0.135. The van der Waals surface area contributed by atoms with Gasteiger partial charge in [-0.25, -0.2) is 4.79 Å². The van der Waals surface area contributed by atoms with Gasteiger partial charge in [0.15, 0.2) is 6.23 Å². The molecular formula is C9H12ClN3O5. The first-order valence-corrected chi connectivity index (χ1v) is 5.50. The number of aliphatic hydroxyl groups is 3. The zero-order valence-electron chi connectivity index (χ0n) is 9.10. The maximum atomic E-state index is 11.6. The van der Waals surface area contributed by atoms with Crippen molar-refractivity contribution in [2.45, 2.75) is 24.5 Å². The van der Waals surface area contributed by atoms with E-state index < -0.39 is 36.8 Å². The van der Waals surface area contributed by atoms with Crippen LogP contribution >= 0.6 is 11.6 Å². The summed E-state index contributed by atoms with van der Waals surface area (Å²) < 4.78 is 6.09. The summed E-state index contributed by atoms with van der Waals surface area (Å²) in [5, 5.41) is 28.3. The quantitative estimate of drug-likeness (QED) is 0.496. The molecule has 1 aromatic heterocycles. The lowest BCUT2D eigenvalue weighted by molar-refractivity contribution is -0.0549. The number of anilines is 1. The highest BCUT2D eigenvalue weighted by Gasteiger charge is 2.43. The zero-order valence-corrected chi connectivity index (χ0v) is 9.86. The molecule has 1 aromatic rings. The number of ether oxygens (including phenoxy) is 1. The molecule has 1 aliphatic rings. The highest BCUT2D eigenvalue weighted by atomic mass is 35.5. The van der Waals surface area contributed by atoms with Gasteiger partial charge in [0, 0.05) is 6.20 Å². The lowest BCUT2D eigenvalue weighted by atomic mass is 10.1. The van der Waals surface area contributed by atoms with E-state index in [-0.39, 0.29) is 10.8 Å². The molecule has 18 heavy (non-hydrogen) atoms. The van der Waals surface area contributed by atoms with Crippen LogP contribution in [0.1, 0.15) is 6.23 Å². The minimum atomic E-state index is -1.37. The van der Waals surface area contributed by atoms with Gasteiger partial charge in [-0.2, -0.15) is 4.98 Å². The Morgan fingerprint density at radius 2 is 2.17 bits per heavy atom. The van der Waals surface area contributed by atoms with Gasteiger partial charge in [-0.05, 0) is 0 Å². The fraction of sp³-hybridized carbons (Fsp3) is 0.556. The summed E-state index contributed by atoms with van der Waals surface area (Å²) in [4.78, 5) is 15.1. The lowest BCUT2D eigenvalue weighted by Crippen LogP contribution is -2.36. The van der Waals surface area contributed by atoms with Crippen molar-refractivity contribution in [2.24, 2.45) is 0 Å². The number of nitrogens with two attached hydrogens (primary N) is 1. The Balaban J connectivity index is 2.39. The van der Waals surface area contributed by atoms with Crippen LogP contribution in [0.15, 0.2) is 11.0 Å². The second-order valence-electron chi connectivity index (χ2n) is 3.89. The maximum absolute atomic E-state index is 11.6. The van der Waals surface area contributed by atoms with E-state index in [1.165, 1.54) is 0 Å². The highest BCUT2D eigenvalue weighted by Crippen LogP contribution is 2.29. The first-order valence-electron chi connectivity index (χ1n) is 5.12. The Bertz CT molecular complexity index is 507. The molecule has 8 nitrogen and oxygen atoms in total. The van der Waals surface area contributed by atoms with Crippen LogP contribution < -0.4 is 11.4 Å². The van der Waals surface area contributed by atoms with Gasteiger partial charge in [0.1, 0.15) is 24.1 Å². The summed E-state index contributed by atoms with van der Waals surface area (Å²) in [6, 6.07) is 0. The third-order valence-electron chi connectivity index (χ3n) is 2.73. The molecule has 4 atom stereocenters. The average molecular weight is 278 g/mol. The van der Waals surface area contributed by atoms with Gasteiger partial charge in [-0.3, -0.25) is 4.57 Å². The van der Waals surface area contributed by atoms with Crippen LogP contribution in [-0.4, -0.2) is 49.8 Å². The van der Waals surface area contributed by atoms with Gasteiger partial charge >= 0.3 is 5.69 Å². The van der Waals surface area contributed by atoms with Crippen LogP contribution in [-0.2, 0) is 4.74 Å². The Labute approximate surface area is 106 Å². The molecule has 1 aliphatic heterocycles. The first-order chi connectivity index (χ1) is 8.45. The predicted molar refractivity (Wildman–Crippen MR) is 60.9 cm³/mol. The van der Waals surface area contributed by atoms with Crippen molar-refractivity contribution in [1.82, 2.24) is 9.55 Å². The van der Waals surface area contributed by atoms with Gasteiger partial charge in [0.05, 0.1) is 11.6 Å². The van der Waals surface area contributed by atoms with Crippen molar-refractivity contribution in [3.8, 4) is 0 Å². The molecule has 0 spiro atoms. The molecule has 1 saturated heterocycles. The van der Waals surface area contributed by atoms with Gasteiger partial charge in [0.2, 0.25) is 0 Å². The number of nitrogens with zero attached hydrogens (tertiary/aromatic N) is 2. The fourth-order valence-electron chi connectivity index (χ4n) is 1.75. The van der Waals surface area contributed by atoms with Gasteiger partial charge in [-0.15, -0.1) is 0 Å². The van der Waals surface area contributed by atoms with Gasteiger partial charge < -0.3 is 25.8 Å². The largest absolute Gasteiger partial charge is 0.394 e. The minimum Gasteiger partial charge on any atom is -0.394 e. The van der Waals surface area contributed by atoms with Crippen molar-refractivity contribution < 1.29 is 20.1 Å². The smallest absolute Gasteiger partial charge is 0.351 e. The summed E-state index contributed by atoms with van der Waals surface area (Å²) in [6.45, 7) is -0.486. The van der Waals surface area contributed by atoms with Crippen LogP contribution in [0.2, 0.25) is 5.02 Å². The molecular weight excluding hydrogens is 266 g/mol. The molecule has 1 fully saturated rings. The average Bonchev–Trinajstić information content (AvgIpc) is 2.61. The van der Waals surface area contributed by atoms with Crippen LogP contribution in [0.3, 0.4) is 0 Å². The van der Waals surface area contributed by atoms with E-state index in [1.54, 1.807) is 0 Å². The number of aliphatic hydroxyl groups excluding tert-OH is 3. The third kappa shape index (κ3) is 2.08. The molecule has 0 radical (unpaired) electrons.